The topological polar surface area (TPSA) is 268 Å². The number of carbonyl (C=O) groups excluding carboxylic acids is 8. The molecule has 3 aliphatic rings. The van der Waals surface area contributed by atoms with E-state index in [9.17, 15) is 43.5 Å². The first kappa shape index (κ1) is 51.0. The molecule has 1 aromatic carbocycles. The van der Waals surface area contributed by atoms with Crippen molar-refractivity contribution in [1.82, 2.24) is 0 Å². The van der Waals surface area contributed by atoms with Crippen LogP contribution in [0.4, 0.5) is 0 Å². The summed E-state index contributed by atoms with van der Waals surface area (Å²) in [5.74, 6) is -9.45. The molecular formula is C43H56O21. The van der Waals surface area contributed by atoms with Gasteiger partial charge in [0.25, 0.3) is 0 Å². The van der Waals surface area contributed by atoms with Crippen molar-refractivity contribution >= 4 is 47.8 Å². The van der Waals surface area contributed by atoms with Crippen LogP contribution in [0, 0.1) is 0 Å². The molecule has 0 amide bonds. The zero-order valence-corrected chi connectivity index (χ0v) is 37.6. The predicted molar refractivity (Wildman–Crippen MR) is 213 cm³/mol. The third kappa shape index (κ3) is 13.2. The number of aliphatic hydroxyl groups excluding tert-OH is 1. The van der Waals surface area contributed by atoms with Crippen molar-refractivity contribution in [2.45, 2.75) is 156 Å². The van der Waals surface area contributed by atoms with Gasteiger partial charge in [0.2, 0.25) is 12.1 Å². The van der Waals surface area contributed by atoms with E-state index in [2.05, 4.69) is 0 Å². The van der Waals surface area contributed by atoms with E-state index in [-0.39, 0.29) is 12.0 Å². The van der Waals surface area contributed by atoms with Gasteiger partial charge in [-0.05, 0) is 57.4 Å². The fourth-order valence-electron chi connectivity index (χ4n) is 7.20. The Morgan fingerprint density at radius 1 is 0.672 bits per heavy atom. The van der Waals surface area contributed by atoms with Crippen molar-refractivity contribution in [2.75, 3.05) is 19.8 Å². The minimum absolute atomic E-state index is 0.0487. The normalized spacial score (nSPS) is 27.8. The zero-order valence-electron chi connectivity index (χ0n) is 37.6. The summed E-state index contributed by atoms with van der Waals surface area (Å²) in [5, 5.41) is 10.9. The lowest BCUT2D eigenvalue weighted by molar-refractivity contribution is -0.384. The van der Waals surface area contributed by atoms with E-state index in [1.807, 2.05) is 19.9 Å². The van der Waals surface area contributed by atoms with Crippen LogP contribution in [0.3, 0.4) is 0 Å². The third-order valence-electron chi connectivity index (χ3n) is 9.95. The van der Waals surface area contributed by atoms with Gasteiger partial charge in [-0.3, -0.25) is 33.6 Å². The second-order valence-corrected chi connectivity index (χ2v) is 16.2. The van der Waals surface area contributed by atoms with Crippen molar-refractivity contribution in [3.8, 4) is 5.75 Å². The molecule has 1 unspecified atom stereocenters. The molecule has 0 radical (unpaired) electrons. The van der Waals surface area contributed by atoms with Crippen molar-refractivity contribution in [3.05, 3.63) is 40.5 Å². The summed E-state index contributed by atoms with van der Waals surface area (Å²) in [4.78, 5) is 101. The number of benzene rings is 1. The summed E-state index contributed by atoms with van der Waals surface area (Å²) in [6.07, 6.45) is -12.4. The number of aliphatic hydroxyl groups is 1. The zero-order chi connectivity index (χ0) is 47.8. The Kier molecular flexibility index (Phi) is 17.0. The van der Waals surface area contributed by atoms with Crippen LogP contribution >= 0.6 is 0 Å². The van der Waals surface area contributed by atoms with Gasteiger partial charge in [-0.25, -0.2) is 4.79 Å². The van der Waals surface area contributed by atoms with Gasteiger partial charge >= 0.3 is 47.8 Å². The molecule has 354 valence electrons. The summed E-state index contributed by atoms with van der Waals surface area (Å²) < 4.78 is 69.0. The second-order valence-electron chi connectivity index (χ2n) is 16.2. The van der Waals surface area contributed by atoms with Gasteiger partial charge in [0.15, 0.2) is 30.5 Å². The van der Waals surface area contributed by atoms with Crippen LogP contribution in [0.15, 0.2) is 23.8 Å². The summed E-state index contributed by atoms with van der Waals surface area (Å²) >= 11 is 0. The Morgan fingerprint density at radius 3 is 1.78 bits per heavy atom. The van der Waals surface area contributed by atoms with Gasteiger partial charge in [0, 0.05) is 54.9 Å². The van der Waals surface area contributed by atoms with Crippen molar-refractivity contribution in [2.24, 2.45) is 0 Å². The number of hydrogen-bond acceptors (Lipinski definition) is 21. The smallest absolute Gasteiger partial charge is 0.338 e. The SMILES string of the molecule is CC(=O)OC[C@H]1O[C@@](COC(C)=O)(O[C@H]2O[C@H](COC(=O)c3cc(CC=C(C)C)c4c(c3)CC(O)C(C)(C)O4)[C@@H](OC(C)=O)[C@H](OC(C)=O)[C@H]2OC(C)=O)[C@@H](OC(C)=O)[C@@H]1OC(C)=O. The molecule has 0 aromatic heterocycles. The molecule has 0 saturated carbocycles. The van der Waals surface area contributed by atoms with E-state index in [0.29, 0.717) is 23.3 Å². The fourth-order valence-corrected chi connectivity index (χ4v) is 7.20. The Hall–Kier alpha value is -5.64. The van der Waals surface area contributed by atoms with Gasteiger partial charge in [0.1, 0.15) is 43.4 Å². The predicted octanol–water partition coefficient (Wildman–Crippen LogP) is 2.05. The van der Waals surface area contributed by atoms with Crippen molar-refractivity contribution in [1.29, 1.82) is 0 Å². The molecule has 2 fully saturated rings. The number of hydrogen-bond donors (Lipinski definition) is 1. The first-order valence-electron chi connectivity index (χ1n) is 20.3. The number of ether oxygens (including phenoxy) is 12. The first-order valence-corrected chi connectivity index (χ1v) is 20.3. The summed E-state index contributed by atoms with van der Waals surface area (Å²) in [7, 11) is 0. The molecule has 1 N–H and O–H groups in total. The van der Waals surface area contributed by atoms with Gasteiger partial charge in [0.05, 0.1) is 11.7 Å². The average Bonchev–Trinajstić information content (AvgIpc) is 3.43. The van der Waals surface area contributed by atoms with Crippen LogP contribution in [0.25, 0.3) is 0 Å². The van der Waals surface area contributed by atoms with Crippen LogP contribution in [0.1, 0.15) is 97.6 Å². The molecular weight excluding hydrogens is 852 g/mol. The van der Waals surface area contributed by atoms with Crippen molar-refractivity contribution in [3.63, 3.8) is 0 Å². The molecule has 0 bridgehead atoms. The Balaban J connectivity index is 1.83. The van der Waals surface area contributed by atoms with E-state index >= 15 is 0 Å². The van der Waals surface area contributed by atoms with Gasteiger partial charge < -0.3 is 61.9 Å². The molecule has 3 aliphatic heterocycles. The highest BCUT2D eigenvalue weighted by Crippen LogP contribution is 2.42. The van der Waals surface area contributed by atoms with Gasteiger partial charge in [-0.15, -0.1) is 0 Å². The lowest BCUT2D eigenvalue weighted by Crippen LogP contribution is -2.65. The Bertz CT molecular complexity index is 1980. The number of carbonyl (C=O) groups is 8. The maximum absolute atomic E-state index is 14.0. The van der Waals surface area contributed by atoms with Crippen LogP contribution < -0.4 is 4.74 Å². The highest BCUT2D eigenvalue weighted by Gasteiger charge is 2.65. The largest absolute Gasteiger partial charge is 0.485 e. The molecule has 10 atom stereocenters. The molecule has 2 saturated heterocycles. The number of esters is 8. The number of rotatable bonds is 16. The van der Waals surface area contributed by atoms with Crippen molar-refractivity contribution < 1.29 is 100 Å². The van der Waals surface area contributed by atoms with Gasteiger partial charge in [-0.2, -0.15) is 0 Å². The quantitative estimate of drug-likeness (QED) is 0.141. The summed E-state index contributed by atoms with van der Waals surface area (Å²) in [6, 6.07) is 3.08. The molecule has 3 heterocycles. The first-order chi connectivity index (χ1) is 29.8. The highest BCUT2D eigenvalue weighted by atomic mass is 16.8. The molecule has 0 spiro atoms. The monoisotopic (exact) mass is 908 g/mol. The minimum Gasteiger partial charge on any atom is -0.485 e. The Morgan fingerprint density at radius 2 is 1.22 bits per heavy atom. The standard InChI is InChI=1S/C43H56O21/c1-20(2)12-13-28-14-30(15-29-16-33(51)42(10,11)63-34(28)29)40(52)54-17-31-35(56-23(5)46)37(58-25(7)48)38(59-26(8)49)41(61-31)64-43(19-55-22(4)45)39(60-27(9)50)36(57-24(6)47)32(62-43)18-53-21(3)44/h12,14-15,31-33,35-39,41,51H,13,16-19H2,1-11H3/t31-,32-,33?,35-,36-,37+,38-,39+,41-,43+/m1/s1. The third-order valence-corrected chi connectivity index (χ3v) is 9.95. The molecule has 21 nitrogen and oxygen atoms in total. The summed E-state index contributed by atoms with van der Waals surface area (Å²) in [5.41, 5.74) is 1.28. The average molecular weight is 909 g/mol. The highest BCUT2D eigenvalue weighted by molar-refractivity contribution is 5.90. The van der Waals surface area contributed by atoms with Crippen LogP contribution in [-0.4, -0.2) is 139 Å². The lowest BCUT2D eigenvalue weighted by Gasteiger charge is -2.46. The number of fused-ring (bicyclic) bond motifs is 1. The van der Waals surface area contributed by atoms with E-state index in [1.54, 1.807) is 19.9 Å². The molecule has 1 aromatic rings. The summed E-state index contributed by atoms with van der Waals surface area (Å²) in [6.45, 7) is 12.1. The van der Waals surface area contributed by atoms with E-state index in [0.717, 1.165) is 54.0 Å². The maximum atomic E-state index is 14.0. The molecule has 4 rings (SSSR count). The van der Waals surface area contributed by atoms with E-state index < -0.39 is 134 Å². The molecule has 64 heavy (non-hydrogen) atoms. The lowest BCUT2D eigenvalue weighted by atomic mass is 9.88. The molecule has 0 aliphatic carbocycles. The minimum atomic E-state index is -2.56. The molecule has 21 heteroatoms. The van der Waals surface area contributed by atoms with E-state index in [4.69, 9.17) is 56.8 Å². The van der Waals surface area contributed by atoms with Gasteiger partial charge in [-0.1, -0.05) is 11.6 Å². The Labute approximate surface area is 369 Å². The van der Waals surface area contributed by atoms with Crippen LogP contribution in [0.2, 0.25) is 0 Å². The van der Waals surface area contributed by atoms with E-state index in [1.165, 1.54) is 6.07 Å². The van der Waals surface area contributed by atoms with Crippen LogP contribution in [0.5, 0.6) is 5.75 Å². The maximum Gasteiger partial charge on any atom is 0.338 e. The number of allylic oxidation sites excluding steroid dienone is 2. The fraction of sp³-hybridized carbons (Fsp3) is 0.628. The van der Waals surface area contributed by atoms with Crippen LogP contribution in [-0.2, 0) is 98.5 Å². The second kappa shape index (κ2) is 21.4.